The number of nitrogens with one attached hydrogen (secondary N) is 2. The Bertz CT molecular complexity index is 1330. The van der Waals surface area contributed by atoms with E-state index in [2.05, 4.69) is 61.9 Å². The van der Waals surface area contributed by atoms with Crippen LogP contribution in [-0.4, -0.2) is 21.4 Å². The number of rotatable bonds is 2. The summed E-state index contributed by atoms with van der Waals surface area (Å²) in [4.78, 5) is 29.6. The molecule has 2 amide bonds. The first-order chi connectivity index (χ1) is 14.1. The van der Waals surface area contributed by atoms with Crippen LogP contribution in [0, 0.1) is 0 Å². The summed E-state index contributed by atoms with van der Waals surface area (Å²) in [5.41, 5.74) is 5.28. The molecule has 6 heteroatoms. The van der Waals surface area contributed by atoms with Crippen LogP contribution in [0.15, 0.2) is 54.9 Å². The predicted molar refractivity (Wildman–Crippen MR) is 120 cm³/mol. The van der Waals surface area contributed by atoms with Crippen molar-refractivity contribution in [3.63, 3.8) is 0 Å². The van der Waals surface area contributed by atoms with E-state index in [1.807, 2.05) is 30.5 Å². The Hall–Kier alpha value is -2.61. The van der Waals surface area contributed by atoms with Crippen molar-refractivity contribution in [2.75, 3.05) is 0 Å². The number of carbonyl (C=O) groups is 2. The molecular formula is C23H18IN3O2. The Kier molecular flexibility index (Phi) is 3.54. The minimum absolute atomic E-state index is 0.224. The fourth-order valence-corrected chi connectivity index (χ4v) is 6.31. The number of nitrogens with zero attached hydrogens (tertiary/aromatic N) is 1. The number of H-pyrrole nitrogens is 1. The lowest BCUT2D eigenvalue weighted by Gasteiger charge is -2.25. The Balaban J connectivity index is 1.63. The van der Waals surface area contributed by atoms with Crippen LogP contribution >= 0.6 is 22.6 Å². The quantitative estimate of drug-likeness (QED) is 0.250. The summed E-state index contributed by atoms with van der Waals surface area (Å²) in [7, 11) is 0. The van der Waals surface area contributed by atoms with Gasteiger partial charge in [0.15, 0.2) is 0 Å². The van der Waals surface area contributed by atoms with Crippen molar-refractivity contribution in [2.45, 2.75) is 28.7 Å². The third-order valence-electron chi connectivity index (χ3n) is 6.38. The van der Waals surface area contributed by atoms with E-state index in [-0.39, 0.29) is 11.8 Å². The van der Waals surface area contributed by atoms with Gasteiger partial charge in [-0.25, -0.2) is 0 Å². The van der Waals surface area contributed by atoms with Crippen molar-refractivity contribution in [1.29, 1.82) is 0 Å². The molecule has 5 nitrogen and oxygen atoms in total. The molecule has 0 spiro atoms. The Morgan fingerprint density at radius 3 is 2.79 bits per heavy atom. The minimum Gasteiger partial charge on any atom is -0.361 e. The molecule has 0 bridgehead atoms. The van der Waals surface area contributed by atoms with Crippen molar-refractivity contribution < 1.29 is 9.59 Å². The highest BCUT2D eigenvalue weighted by Gasteiger charge is 2.57. The molecule has 0 unspecified atom stereocenters. The molecular weight excluding hydrogens is 477 g/mol. The second-order valence-electron chi connectivity index (χ2n) is 7.91. The number of aromatic amines is 1. The van der Waals surface area contributed by atoms with Gasteiger partial charge in [0.05, 0.1) is 11.4 Å². The van der Waals surface area contributed by atoms with Gasteiger partial charge in [-0.1, -0.05) is 59.0 Å². The largest absolute Gasteiger partial charge is 0.361 e. The van der Waals surface area contributed by atoms with E-state index in [4.69, 9.17) is 0 Å². The molecule has 1 saturated heterocycles. The lowest BCUT2D eigenvalue weighted by molar-refractivity contribution is -0.125. The van der Waals surface area contributed by atoms with E-state index in [1.165, 1.54) is 11.1 Å². The van der Waals surface area contributed by atoms with Crippen molar-refractivity contribution in [2.24, 2.45) is 0 Å². The Labute approximate surface area is 180 Å². The summed E-state index contributed by atoms with van der Waals surface area (Å²) in [5.74, 6) is -1.05. The molecule has 144 valence electrons. The molecule has 0 radical (unpaired) electrons. The van der Waals surface area contributed by atoms with Crippen LogP contribution in [0.25, 0.3) is 21.8 Å². The average Bonchev–Trinajstić information content (AvgIpc) is 3.37. The molecule has 29 heavy (non-hydrogen) atoms. The maximum absolute atomic E-state index is 13.2. The smallest absolute Gasteiger partial charge is 0.248 e. The molecule has 4 aromatic rings. The number of carbonyl (C=O) groups excluding carboxylic acids is 2. The van der Waals surface area contributed by atoms with E-state index < -0.39 is 9.34 Å². The number of imide groups is 1. The molecule has 2 aliphatic rings. The van der Waals surface area contributed by atoms with E-state index in [1.54, 1.807) is 0 Å². The highest BCUT2D eigenvalue weighted by atomic mass is 127. The zero-order chi connectivity index (χ0) is 19.8. The maximum atomic E-state index is 13.2. The van der Waals surface area contributed by atoms with Gasteiger partial charge in [0.1, 0.15) is 3.42 Å². The lowest BCUT2D eigenvalue weighted by Crippen LogP contribution is -2.32. The van der Waals surface area contributed by atoms with Crippen LogP contribution in [0.3, 0.4) is 0 Å². The molecule has 2 aromatic carbocycles. The van der Waals surface area contributed by atoms with Crippen LogP contribution in [0.2, 0.25) is 0 Å². The van der Waals surface area contributed by atoms with Crippen LogP contribution in [0.5, 0.6) is 0 Å². The van der Waals surface area contributed by atoms with E-state index in [0.29, 0.717) is 0 Å². The Morgan fingerprint density at radius 1 is 1.07 bits per heavy atom. The van der Waals surface area contributed by atoms with Crippen LogP contribution in [0.4, 0.5) is 0 Å². The van der Waals surface area contributed by atoms with E-state index in [0.717, 1.165) is 46.8 Å². The summed E-state index contributed by atoms with van der Waals surface area (Å²) < 4.78 is 1.25. The first kappa shape index (κ1) is 17.3. The maximum Gasteiger partial charge on any atom is 0.248 e. The number of aromatic nitrogens is 2. The molecule has 0 saturated carbocycles. The number of halogens is 1. The third kappa shape index (κ3) is 2.20. The van der Waals surface area contributed by atoms with Gasteiger partial charge in [0.25, 0.3) is 0 Å². The monoisotopic (exact) mass is 495 g/mol. The highest BCUT2D eigenvalue weighted by molar-refractivity contribution is 14.1. The SMILES string of the molecule is O=C1NC(=O)[C@@](I)(c2c[nH]c3ccccc23)[C@@H]1c1cn2c3c(cccc13)CCC2. The van der Waals surface area contributed by atoms with Gasteiger partial charge in [-0.3, -0.25) is 14.9 Å². The topological polar surface area (TPSA) is 66.9 Å². The summed E-state index contributed by atoms with van der Waals surface area (Å²) in [6.45, 7) is 0.942. The average molecular weight is 495 g/mol. The number of amides is 2. The number of alkyl halides is 1. The second-order valence-corrected chi connectivity index (χ2v) is 9.61. The molecule has 2 atom stereocenters. The van der Waals surface area contributed by atoms with Gasteiger partial charge in [0.2, 0.25) is 11.8 Å². The van der Waals surface area contributed by atoms with Gasteiger partial charge >= 0.3 is 0 Å². The fourth-order valence-electron chi connectivity index (χ4n) is 5.11. The van der Waals surface area contributed by atoms with Gasteiger partial charge in [-0.05, 0) is 30.0 Å². The first-order valence-corrected chi connectivity index (χ1v) is 10.9. The number of aryl methyl sites for hydroxylation is 2. The fraction of sp³-hybridized carbons (Fsp3) is 0.217. The predicted octanol–water partition coefficient (Wildman–Crippen LogP) is 4.14. The summed E-state index contributed by atoms with van der Waals surface area (Å²) in [5, 5.41) is 4.68. The number of fused-ring (bicyclic) bond motifs is 1. The van der Waals surface area contributed by atoms with E-state index >= 15 is 0 Å². The van der Waals surface area contributed by atoms with Crippen LogP contribution < -0.4 is 5.32 Å². The molecule has 0 aliphatic carbocycles. The lowest BCUT2D eigenvalue weighted by atomic mass is 9.82. The van der Waals surface area contributed by atoms with Crippen molar-refractivity contribution in [3.8, 4) is 0 Å². The van der Waals surface area contributed by atoms with Gasteiger partial charge in [-0.15, -0.1) is 0 Å². The van der Waals surface area contributed by atoms with Crippen molar-refractivity contribution >= 4 is 56.2 Å². The number of benzene rings is 2. The first-order valence-electron chi connectivity index (χ1n) is 9.80. The second kappa shape index (κ2) is 5.95. The summed E-state index contributed by atoms with van der Waals surface area (Å²) in [6, 6.07) is 14.2. The molecule has 2 aromatic heterocycles. The van der Waals surface area contributed by atoms with Gasteiger partial charge < -0.3 is 9.55 Å². The zero-order valence-electron chi connectivity index (χ0n) is 15.5. The van der Waals surface area contributed by atoms with Crippen molar-refractivity contribution in [1.82, 2.24) is 14.9 Å². The zero-order valence-corrected chi connectivity index (χ0v) is 17.7. The molecule has 2 N–H and O–H groups in total. The summed E-state index contributed by atoms with van der Waals surface area (Å²) >= 11 is 2.20. The summed E-state index contributed by atoms with van der Waals surface area (Å²) in [6.07, 6.45) is 6.12. The molecule has 2 aliphatic heterocycles. The number of hydrogen-bond donors (Lipinski definition) is 2. The molecule has 6 rings (SSSR count). The van der Waals surface area contributed by atoms with Crippen LogP contribution in [-0.2, 0) is 26.0 Å². The van der Waals surface area contributed by atoms with Gasteiger partial charge in [-0.2, -0.15) is 0 Å². The third-order valence-corrected chi connectivity index (χ3v) is 8.07. The standard InChI is InChI=1S/C23H18IN3O2/c24-23(17-11-25-18-9-2-1-7-15(17)18)19(21(28)26-22(23)29)16-12-27-10-4-6-13-5-3-8-14(16)20(13)27/h1-3,5,7-9,11-12,19,25H,4,6,10H2,(H,26,28,29)/t19-,23-/m1/s1. The highest BCUT2D eigenvalue weighted by Crippen LogP contribution is 2.52. The molecule has 4 heterocycles. The Morgan fingerprint density at radius 2 is 1.90 bits per heavy atom. The number of para-hydroxylation sites is 2. The van der Waals surface area contributed by atoms with E-state index in [9.17, 15) is 9.59 Å². The normalized spacial score (nSPS) is 23.8. The molecule has 1 fully saturated rings. The van der Waals surface area contributed by atoms with Crippen LogP contribution in [0.1, 0.15) is 29.0 Å². The van der Waals surface area contributed by atoms with Crippen molar-refractivity contribution in [3.05, 3.63) is 71.5 Å². The van der Waals surface area contributed by atoms with Gasteiger partial charge in [0, 0.05) is 40.8 Å². The number of hydrogen-bond acceptors (Lipinski definition) is 2. The minimum atomic E-state index is -1.00.